The quantitative estimate of drug-likeness (QED) is 0.868. The van der Waals surface area contributed by atoms with Crippen molar-refractivity contribution in [1.82, 2.24) is 5.32 Å². The number of amides is 1. The number of halogens is 1. The van der Waals surface area contributed by atoms with Gasteiger partial charge in [0, 0.05) is 17.9 Å². The average Bonchev–Trinajstić information content (AvgIpc) is 2.74. The summed E-state index contributed by atoms with van der Waals surface area (Å²) < 4.78 is 22.9. The van der Waals surface area contributed by atoms with Crippen LogP contribution in [0, 0.1) is 0 Å². The highest BCUT2D eigenvalue weighted by Crippen LogP contribution is 2.24. The Bertz CT molecular complexity index is 585. The fourth-order valence-electron chi connectivity index (χ4n) is 2.20. The molecule has 1 aliphatic rings. The first-order chi connectivity index (χ1) is 8.88. The molecule has 4 nitrogen and oxygen atoms in total. The molecule has 0 aromatic heterocycles. The zero-order valence-electron chi connectivity index (χ0n) is 10.6. The van der Waals surface area contributed by atoms with E-state index in [1.165, 1.54) is 12.1 Å². The lowest BCUT2D eigenvalue weighted by atomic mass is 10.2. The monoisotopic (exact) mass is 301 g/mol. The molecular weight excluding hydrogens is 286 g/mol. The summed E-state index contributed by atoms with van der Waals surface area (Å²) in [5.74, 6) is -0.275. The summed E-state index contributed by atoms with van der Waals surface area (Å²) in [5.41, 5.74) is 0.346. The van der Waals surface area contributed by atoms with Gasteiger partial charge in [0.25, 0.3) is 5.91 Å². The molecule has 0 radical (unpaired) electrons. The molecule has 2 rings (SSSR count). The van der Waals surface area contributed by atoms with Crippen molar-refractivity contribution >= 4 is 27.3 Å². The molecule has 0 aliphatic heterocycles. The van der Waals surface area contributed by atoms with Gasteiger partial charge in [-0.3, -0.25) is 4.79 Å². The van der Waals surface area contributed by atoms with Crippen molar-refractivity contribution in [3.05, 3.63) is 29.8 Å². The predicted octanol–water partition coefficient (Wildman–Crippen LogP) is 1.98. The highest BCUT2D eigenvalue weighted by Gasteiger charge is 2.27. The summed E-state index contributed by atoms with van der Waals surface area (Å²) in [7, 11) is -3.30. The van der Waals surface area contributed by atoms with E-state index >= 15 is 0 Å². The SMILES string of the molecule is CS(=O)(=O)c1cccc(C(=O)NC2CCCC2Cl)c1. The van der Waals surface area contributed by atoms with Crippen LogP contribution in [0.3, 0.4) is 0 Å². The molecular formula is C13H16ClNO3S. The highest BCUT2D eigenvalue weighted by molar-refractivity contribution is 7.90. The van der Waals surface area contributed by atoms with Gasteiger partial charge in [-0.1, -0.05) is 6.07 Å². The Labute approximate surface area is 118 Å². The van der Waals surface area contributed by atoms with Gasteiger partial charge in [-0.15, -0.1) is 11.6 Å². The average molecular weight is 302 g/mol. The maximum absolute atomic E-state index is 12.1. The van der Waals surface area contributed by atoms with Gasteiger partial charge in [0.05, 0.1) is 10.3 Å². The third-order valence-electron chi connectivity index (χ3n) is 3.27. The molecule has 1 amide bonds. The molecule has 1 aromatic carbocycles. The molecule has 1 aromatic rings. The second-order valence-electron chi connectivity index (χ2n) is 4.83. The molecule has 1 fully saturated rings. The molecule has 0 bridgehead atoms. The van der Waals surface area contributed by atoms with Crippen LogP contribution in [0.25, 0.3) is 0 Å². The Morgan fingerprint density at radius 1 is 1.37 bits per heavy atom. The summed E-state index contributed by atoms with van der Waals surface area (Å²) >= 11 is 6.10. The molecule has 19 heavy (non-hydrogen) atoms. The molecule has 0 saturated heterocycles. The number of alkyl halides is 1. The Kier molecular flexibility index (Phi) is 4.16. The van der Waals surface area contributed by atoms with E-state index in [1.807, 2.05) is 0 Å². The minimum absolute atomic E-state index is 0.0314. The Balaban J connectivity index is 2.15. The van der Waals surface area contributed by atoms with Crippen LogP contribution >= 0.6 is 11.6 Å². The summed E-state index contributed by atoms with van der Waals surface area (Å²) in [6.07, 6.45) is 3.89. The van der Waals surface area contributed by atoms with Crippen LogP contribution in [0.4, 0.5) is 0 Å². The fourth-order valence-corrected chi connectivity index (χ4v) is 3.21. The number of carbonyl (C=O) groups is 1. The number of rotatable bonds is 3. The van der Waals surface area contributed by atoms with Crippen molar-refractivity contribution < 1.29 is 13.2 Å². The largest absolute Gasteiger partial charge is 0.348 e. The molecule has 6 heteroatoms. The lowest BCUT2D eigenvalue weighted by Crippen LogP contribution is -2.37. The first kappa shape index (κ1) is 14.3. The topological polar surface area (TPSA) is 63.2 Å². The van der Waals surface area contributed by atoms with E-state index < -0.39 is 9.84 Å². The zero-order chi connectivity index (χ0) is 14.0. The Hall–Kier alpha value is -1.07. The van der Waals surface area contributed by atoms with Crippen molar-refractivity contribution in [2.75, 3.05) is 6.26 Å². The van der Waals surface area contributed by atoms with Crippen LogP contribution in [-0.2, 0) is 9.84 Å². The number of sulfone groups is 1. The number of nitrogens with one attached hydrogen (secondary N) is 1. The first-order valence-corrected chi connectivity index (χ1v) is 8.46. The second kappa shape index (κ2) is 5.51. The van der Waals surface area contributed by atoms with Gasteiger partial charge in [-0.2, -0.15) is 0 Å². The van der Waals surface area contributed by atoms with Gasteiger partial charge in [-0.25, -0.2) is 8.42 Å². The third-order valence-corrected chi connectivity index (χ3v) is 4.91. The van der Waals surface area contributed by atoms with Gasteiger partial charge in [0.1, 0.15) is 0 Å². The van der Waals surface area contributed by atoms with Crippen LogP contribution in [0.1, 0.15) is 29.6 Å². The number of carbonyl (C=O) groups excluding carboxylic acids is 1. The maximum Gasteiger partial charge on any atom is 0.251 e. The van der Waals surface area contributed by atoms with Crippen molar-refractivity contribution in [2.24, 2.45) is 0 Å². The minimum Gasteiger partial charge on any atom is -0.348 e. The smallest absolute Gasteiger partial charge is 0.251 e. The number of hydrogen-bond acceptors (Lipinski definition) is 3. The fraction of sp³-hybridized carbons (Fsp3) is 0.462. The van der Waals surface area contributed by atoms with Crippen LogP contribution in [0.15, 0.2) is 29.2 Å². The van der Waals surface area contributed by atoms with Gasteiger partial charge in [0.15, 0.2) is 9.84 Å². The number of hydrogen-bond donors (Lipinski definition) is 1. The van der Waals surface area contributed by atoms with Crippen molar-refractivity contribution in [3.8, 4) is 0 Å². The van der Waals surface area contributed by atoms with Gasteiger partial charge >= 0.3 is 0 Å². The summed E-state index contributed by atoms with van der Waals surface area (Å²) in [5, 5.41) is 2.82. The summed E-state index contributed by atoms with van der Waals surface area (Å²) in [6, 6.07) is 6.01. The zero-order valence-corrected chi connectivity index (χ0v) is 12.2. The number of benzene rings is 1. The third kappa shape index (κ3) is 3.48. The van der Waals surface area contributed by atoms with Crippen LogP contribution in [-0.4, -0.2) is 32.0 Å². The summed E-state index contributed by atoms with van der Waals surface area (Å²) in [4.78, 5) is 12.2. The van der Waals surface area contributed by atoms with E-state index in [1.54, 1.807) is 12.1 Å². The Morgan fingerprint density at radius 3 is 2.68 bits per heavy atom. The van der Waals surface area contributed by atoms with E-state index in [4.69, 9.17) is 11.6 Å². The van der Waals surface area contributed by atoms with E-state index in [0.717, 1.165) is 25.5 Å². The van der Waals surface area contributed by atoms with E-state index in [9.17, 15) is 13.2 Å². The van der Waals surface area contributed by atoms with Crippen LogP contribution in [0.2, 0.25) is 0 Å². The van der Waals surface area contributed by atoms with Gasteiger partial charge < -0.3 is 5.32 Å². The van der Waals surface area contributed by atoms with Crippen molar-refractivity contribution in [2.45, 2.75) is 35.6 Å². The minimum atomic E-state index is -3.30. The molecule has 1 saturated carbocycles. The Morgan fingerprint density at radius 2 is 2.11 bits per heavy atom. The molecule has 0 spiro atoms. The lowest BCUT2D eigenvalue weighted by Gasteiger charge is -2.16. The van der Waals surface area contributed by atoms with Crippen molar-refractivity contribution in [3.63, 3.8) is 0 Å². The van der Waals surface area contributed by atoms with Gasteiger partial charge in [0.2, 0.25) is 0 Å². The first-order valence-electron chi connectivity index (χ1n) is 6.13. The van der Waals surface area contributed by atoms with Crippen LogP contribution in [0.5, 0.6) is 0 Å². The van der Waals surface area contributed by atoms with E-state index in [-0.39, 0.29) is 22.2 Å². The molecule has 2 atom stereocenters. The normalized spacial score (nSPS) is 23.3. The van der Waals surface area contributed by atoms with Crippen molar-refractivity contribution in [1.29, 1.82) is 0 Å². The molecule has 1 N–H and O–H groups in total. The maximum atomic E-state index is 12.1. The summed E-state index contributed by atoms with van der Waals surface area (Å²) in [6.45, 7) is 0. The molecule has 0 heterocycles. The molecule has 104 valence electrons. The highest BCUT2D eigenvalue weighted by atomic mass is 35.5. The van der Waals surface area contributed by atoms with Gasteiger partial charge in [-0.05, 0) is 37.5 Å². The van der Waals surface area contributed by atoms with E-state index in [2.05, 4.69) is 5.32 Å². The molecule has 2 unspecified atom stereocenters. The standard InChI is InChI=1S/C13H16ClNO3S/c1-19(17,18)10-5-2-4-9(8-10)13(16)15-12-7-3-6-11(12)14/h2,4-5,8,11-12H,3,6-7H2,1H3,(H,15,16). The predicted molar refractivity (Wildman–Crippen MR) is 74.3 cm³/mol. The second-order valence-corrected chi connectivity index (χ2v) is 7.40. The lowest BCUT2D eigenvalue weighted by molar-refractivity contribution is 0.0938. The van der Waals surface area contributed by atoms with E-state index in [0.29, 0.717) is 5.56 Å². The molecule has 1 aliphatic carbocycles. The van der Waals surface area contributed by atoms with Crippen LogP contribution < -0.4 is 5.32 Å².